The zero-order valence-electron chi connectivity index (χ0n) is 12.1. The van der Waals surface area contributed by atoms with Crippen molar-refractivity contribution < 1.29 is 0 Å². The third-order valence-corrected chi connectivity index (χ3v) is 6.13. The summed E-state index contributed by atoms with van der Waals surface area (Å²) in [6.07, 6.45) is 4.32. The van der Waals surface area contributed by atoms with Crippen molar-refractivity contribution in [2.45, 2.75) is 26.7 Å². The Morgan fingerprint density at radius 2 is 2.20 bits per heavy atom. The maximum absolute atomic E-state index is 4.62. The summed E-state index contributed by atoms with van der Waals surface area (Å²) in [7, 11) is 0. The second-order valence-electron chi connectivity index (χ2n) is 6.26. The van der Waals surface area contributed by atoms with Crippen molar-refractivity contribution in [2.24, 2.45) is 5.41 Å². The van der Waals surface area contributed by atoms with Gasteiger partial charge in [0.2, 0.25) is 0 Å². The highest BCUT2D eigenvalue weighted by Gasteiger charge is 2.41. The number of fused-ring (bicyclic) bond motifs is 1. The molecule has 2 aromatic rings. The first-order chi connectivity index (χ1) is 9.69. The number of hydrogen-bond acceptors (Lipinski definition) is 5. The Balaban J connectivity index is 1.76. The minimum Gasteiger partial charge on any atom is -0.355 e. The molecule has 2 aliphatic rings. The van der Waals surface area contributed by atoms with Crippen LogP contribution in [0.1, 0.15) is 23.3 Å². The molecule has 4 nitrogen and oxygen atoms in total. The number of aromatic nitrogens is 2. The van der Waals surface area contributed by atoms with Gasteiger partial charge < -0.3 is 10.2 Å². The third kappa shape index (κ3) is 1.76. The lowest BCUT2D eigenvalue weighted by molar-refractivity contribution is 0.369. The van der Waals surface area contributed by atoms with Crippen LogP contribution in [0.15, 0.2) is 6.33 Å². The molecule has 2 fully saturated rings. The number of hydrogen-bond donors (Lipinski definition) is 1. The highest BCUT2D eigenvalue weighted by atomic mass is 32.1. The van der Waals surface area contributed by atoms with E-state index in [0.29, 0.717) is 5.41 Å². The van der Waals surface area contributed by atoms with Gasteiger partial charge in [0.15, 0.2) is 0 Å². The molecule has 1 N–H and O–H groups in total. The van der Waals surface area contributed by atoms with Crippen molar-refractivity contribution in [2.75, 3.05) is 31.1 Å². The topological polar surface area (TPSA) is 41.1 Å². The molecule has 1 spiro atoms. The standard InChI is InChI=1S/C15H20N4S/c1-10-11(2)20-14-12(10)13(17-9-18-14)19-6-4-15(8-19)3-5-16-7-15/h9,16H,3-8H2,1-2H3. The number of thiophene rings is 1. The molecule has 2 aromatic heterocycles. The monoisotopic (exact) mass is 288 g/mol. The van der Waals surface area contributed by atoms with Gasteiger partial charge in [0.1, 0.15) is 17.0 Å². The molecular weight excluding hydrogens is 268 g/mol. The molecule has 0 bridgehead atoms. The molecular formula is C15H20N4S. The first-order valence-corrected chi connectivity index (χ1v) is 8.17. The number of aryl methyl sites for hydroxylation is 2. The highest BCUT2D eigenvalue weighted by molar-refractivity contribution is 7.18. The molecule has 106 valence electrons. The van der Waals surface area contributed by atoms with Crippen LogP contribution in [0.5, 0.6) is 0 Å². The Kier molecular flexibility index (Phi) is 2.76. The summed E-state index contributed by atoms with van der Waals surface area (Å²) in [4.78, 5) is 14.0. The summed E-state index contributed by atoms with van der Waals surface area (Å²) in [6, 6.07) is 0. The summed E-state index contributed by atoms with van der Waals surface area (Å²) in [5, 5.41) is 4.80. The van der Waals surface area contributed by atoms with E-state index in [1.54, 1.807) is 17.7 Å². The van der Waals surface area contributed by atoms with Gasteiger partial charge in [0, 0.05) is 29.9 Å². The fraction of sp³-hybridized carbons (Fsp3) is 0.600. The summed E-state index contributed by atoms with van der Waals surface area (Å²) < 4.78 is 0. The molecule has 0 aliphatic carbocycles. The molecule has 2 aliphatic heterocycles. The Labute approximate surface area is 123 Å². The second-order valence-corrected chi connectivity index (χ2v) is 7.46. The normalized spacial score (nSPS) is 26.2. The number of rotatable bonds is 1. The summed E-state index contributed by atoms with van der Waals surface area (Å²) >= 11 is 1.79. The summed E-state index contributed by atoms with van der Waals surface area (Å²) in [5.74, 6) is 1.15. The quantitative estimate of drug-likeness (QED) is 0.875. The average Bonchev–Trinajstić information content (AvgIpc) is 3.14. The van der Waals surface area contributed by atoms with Crippen LogP contribution in [0.2, 0.25) is 0 Å². The van der Waals surface area contributed by atoms with Gasteiger partial charge in [-0.2, -0.15) is 0 Å². The van der Waals surface area contributed by atoms with E-state index in [-0.39, 0.29) is 0 Å². The van der Waals surface area contributed by atoms with Crippen LogP contribution < -0.4 is 10.2 Å². The van der Waals surface area contributed by atoms with E-state index in [1.807, 2.05) is 0 Å². The predicted molar refractivity (Wildman–Crippen MR) is 83.6 cm³/mol. The average molecular weight is 288 g/mol. The van der Waals surface area contributed by atoms with Crippen LogP contribution in [0, 0.1) is 19.3 Å². The number of nitrogens with zero attached hydrogens (tertiary/aromatic N) is 3. The highest BCUT2D eigenvalue weighted by Crippen LogP contribution is 2.41. The van der Waals surface area contributed by atoms with Gasteiger partial charge in [-0.25, -0.2) is 9.97 Å². The van der Waals surface area contributed by atoms with Gasteiger partial charge in [-0.05, 0) is 38.8 Å². The Morgan fingerprint density at radius 1 is 1.30 bits per heavy atom. The van der Waals surface area contributed by atoms with E-state index in [9.17, 15) is 0 Å². The van der Waals surface area contributed by atoms with Gasteiger partial charge in [-0.1, -0.05) is 0 Å². The van der Waals surface area contributed by atoms with Gasteiger partial charge in [-0.3, -0.25) is 0 Å². The molecule has 4 rings (SSSR count). The van der Waals surface area contributed by atoms with E-state index < -0.39 is 0 Å². The van der Waals surface area contributed by atoms with Crippen LogP contribution in [-0.2, 0) is 0 Å². The SMILES string of the molecule is Cc1sc2ncnc(N3CCC4(CCNC4)C3)c2c1C. The van der Waals surface area contributed by atoms with Crippen LogP contribution in [0.25, 0.3) is 10.2 Å². The molecule has 1 unspecified atom stereocenters. The van der Waals surface area contributed by atoms with E-state index in [2.05, 4.69) is 34.0 Å². The Bertz CT molecular complexity index is 657. The summed E-state index contributed by atoms with van der Waals surface area (Å²) in [5.41, 5.74) is 1.84. The minimum atomic E-state index is 0.482. The lowest BCUT2D eigenvalue weighted by Crippen LogP contribution is -2.29. The molecule has 20 heavy (non-hydrogen) atoms. The molecule has 0 radical (unpaired) electrons. The van der Waals surface area contributed by atoms with Gasteiger partial charge in [0.25, 0.3) is 0 Å². The Morgan fingerprint density at radius 3 is 3.00 bits per heavy atom. The first kappa shape index (κ1) is 12.5. The second kappa shape index (κ2) is 4.40. The fourth-order valence-electron chi connectivity index (χ4n) is 3.66. The van der Waals surface area contributed by atoms with Crippen LogP contribution in [0.3, 0.4) is 0 Å². The van der Waals surface area contributed by atoms with E-state index in [1.165, 1.54) is 41.8 Å². The number of anilines is 1. The molecule has 5 heteroatoms. The molecule has 1 atom stereocenters. The summed E-state index contributed by atoms with van der Waals surface area (Å²) in [6.45, 7) is 8.98. The molecule has 0 saturated carbocycles. The molecule has 0 aromatic carbocycles. The van der Waals surface area contributed by atoms with Gasteiger partial charge >= 0.3 is 0 Å². The first-order valence-electron chi connectivity index (χ1n) is 7.35. The van der Waals surface area contributed by atoms with Crippen LogP contribution >= 0.6 is 11.3 Å². The van der Waals surface area contributed by atoms with Gasteiger partial charge in [0.05, 0.1) is 5.39 Å². The maximum atomic E-state index is 4.62. The van der Waals surface area contributed by atoms with Crippen molar-refractivity contribution in [1.82, 2.24) is 15.3 Å². The van der Waals surface area contributed by atoms with E-state index in [4.69, 9.17) is 0 Å². The van der Waals surface area contributed by atoms with Crippen molar-refractivity contribution in [3.8, 4) is 0 Å². The van der Waals surface area contributed by atoms with Crippen molar-refractivity contribution in [3.63, 3.8) is 0 Å². The van der Waals surface area contributed by atoms with E-state index in [0.717, 1.165) is 23.7 Å². The van der Waals surface area contributed by atoms with Crippen molar-refractivity contribution in [3.05, 3.63) is 16.8 Å². The zero-order valence-corrected chi connectivity index (χ0v) is 12.9. The third-order valence-electron chi connectivity index (χ3n) is 5.02. The lowest BCUT2D eigenvalue weighted by atomic mass is 9.87. The largest absolute Gasteiger partial charge is 0.355 e. The Hall–Kier alpha value is -1.20. The molecule has 2 saturated heterocycles. The van der Waals surface area contributed by atoms with Crippen molar-refractivity contribution >= 4 is 27.4 Å². The number of nitrogens with one attached hydrogen (secondary N) is 1. The van der Waals surface area contributed by atoms with Crippen LogP contribution in [0.4, 0.5) is 5.82 Å². The van der Waals surface area contributed by atoms with Crippen LogP contribution in [-0.4, -0.2) is 36.1 Å². The zero-order chi connectivity index (χ0) is 13.7. The minimum absolute atomic E-state index is 0.482. The van der Waals surface area contributed by atoms with Gasteiger partial charge in [-0.15, -0.1) is 11.3 Å². The molecule has 0 amide bonds. The smallest absolute Gasteiger partial charge is 0.141 e. The lowest BCUT2D eigenvalue weighted by Gasteiger charge is -2.23. The maximum Gasteiger partial charge on any atom is 0.141 e. The fourth-order valence-corrected chi connectivity index (χ4v) is 4.65. The van der Waals surface area contributed by atoms with Crippen molar-refractivity contribution in [1.29, 1.82) is 0 Å². The van der Waals surface area contributed by atoms with E-state index >= 15 is 0 Å². The molecule has 4 heterocycles. The predicted octanol–water partition coefficient (Wildman–Crippen LogP) is 2.50.